The second-order valence-electron chi connectivity index (χ2n) is 3.41. The molecule has 0 fully saturated rings. The van der Waals surface area contributed by atoms with Crippen LogP contribution in [-0.2, 0) is 4.79 Å². The minimum atomic E-state index is -0.987. The van der Waals surface area contributed by atoms with E-state index < -0.39 is 12.0 Å². The van der Waals surface area contributed by atoms with Gasteiger partial charge in [-0.3, -0.25) is 4.79 Å². The van der Waals surface area contributed by atoms with E-state index in [1.807, 2.05) is 25.1 Å². The fourth-order valence-corrected chi connectivity index (χ4v) is 2.21. The number of carboxylic acid groups (broad SMARTS) is 1. The summed E-state index contributed by atoms with van der Waals surface area (Å²) in [6.45, 7) is 1.97. The van der Waals surface area contributed by atoms with E-state index >= 15 is 0 Å². The van der Waals surface area contributed by atoms with Crippen molar-refractivity contribution in [2.75, 3.05) is 12.9 Å². The Labute approximate surface area is 98.8 Å². The Hall–Kier alpha value is -1.20. The summed E-state index contributed by atoms with van der Waals surface area (Å²) in [6.07, 6.45) is 0. The number of hydrogen-bond donors (Lipinski definition) is 2. The zero-order valence-corrected chi connectivity index (χ0v) is 10.1. The van der Waals surface area contributed by atoms with Crippen LogP contribution in [0.25, 0.3) is 0 Å². The molecule has 4 nitrogen and oxygen atoms in total. The molecule has 0 aliphatic carbocycles. The molecule has 16 heavy (non-hydrogen) atoms. The van der Waals surface area contributed by atoms with Crippen LogP contribution in [0.5, 0.6) is 5.75 Å². The molecule has 1 atom stereocenters. The maximum absolute atomic E-state index is 10.6. The first-order valence-electron chi connectivity index (χ1n) is 4.80. The summed E-state index contributed by atoms with van der Waals surface area (Å²) >= 11 is 1.39. The third-order valence-corrected chi connectivity index (χ3v) is 3.21. The van der Waals surface area contributed by atoms with Crippen molar-refractivity contribution in [3.8, 4) is 5.75 Å². The molecule has 1 aromatic rings. The highest BCUT2D eigenvalue weighted by Crippen LogP contribution is 2.30. The van der Waals surface area contributed by atoms with Crippen LogP contribution >= 0.6 is 11.8 Å². The number of methoxy groups -OCH3 is 1. The van der Waals surface area contributed by atoms with E-state index in [1.54, 1.807) is 7.11 Å². The standard InChI is InChI=1S/C11H15NO3S/c1-7-3-4-9(15-2)10(5-7)16-6-8(12)11(13)14/h3-5,8H,6,12H2,1-2H3,(H,13,14). The van der Waals surface area contributed by atoms with Gasteiger partial charge in [0.15, 0.2) is 0 Å². The van der Waals surface area contributed by atoms with Crippen LogP contribution in [0.4, 0.5) is 0 Å². The van der Waals surface area contributed by atoms with Gasteiger partial charge < -0.3 is 15.6 Å². The van der Waals surface area contributed by atoms with Crippen LogP contribution in [0.2, 0.25) is 0 Å². The van der Waals surface area contributed by atoms with Crippen molar-refractivity contribution < 1.29 is 14.6 Å². The van der Waals surface area contributed by atoms with Gasteiger partial charge in [-0.05, 0) is 24.6 Å². The summed E-state index contributed by atoms with van der Waals surface area (Å²) in [5.41, 5.74) is 6.54. The highest BCUT2D eigenvalue weighted by Gasteiger charge is 2.13. The third-order valence-electron chi connectivity index (χ3n) is 2.05. The molecular formula is C11H15NO3S. The monoisotopic (exact) mass is 241 g/mol. The van der Waals surface area contributed by atoms with Crippen LogP contribution in [0.15, 0.2) is 23.1 Å². The minimum Gasteiger partial charge on any atom is -0.496 e. The number of rotatable bonds is 5. The van der Waals surface area contributed by atoms with Gasteiger partial charge >= 0.3 is 5.97 Å². The van der Waals surface area contributed by atoms with E-state index in [0.717, 1.165) is 16.2 Å². The normalized spacial score (nSPS) is 12.2. The Morgan fingerprint density at radius 2 is 2.31 bits per heavy atom. The number of aryl methyl sites for hydroxylation is 1. The number of carbonyl (C=O) groups is 1. The number of hydrogen-bond acceptors (Lipinski definition) is 4. The first kappa shape index (κ1) is 12.9. The van der Waals surface area contributed by atoms with Crippen LogP contribution in [0, 0.1) is 6.92 Å². The van der Waals surface area contributed by atoms with Crippen molar-refractivity contribution in [1.29, 1.82) is 0 Å². The lowest BCUT2D eigenvalue weighted by molar-refractivity contribution is -0.137. The fraction of sp³-hybridized carbons (Fsp3) is 0.364. The Morgan fingerprint density at radius 3 is 2.88 bits per heavy atom. The van der Waals surface area contributed by atoms with E-state index in [4.69, 9.17) is 15.6 Å². The summed E-state index contributed by atoms with van der Waals surface area (Å²) in [5, 5.41) is 8.67. The lowest BCUT2D eigenvalue weighted by atomic mass is 10.2. The third kappa shape index (κ3) is 3.43. The van der Waals surface area contributed by atoms with Crippen molar-refractivity contribution in [3.05, 3.63) is 23.8 Å². The molecule has 1 rings (SSSR count). The quantitative estimate of drug-likeness (QED) is 0.764. The van der Waals surface area contributed by atoms with Gasteiger partial charge in [-0.2, -0.15) is 0 Å². The molecule has 0 saturated carbocycles. The number of thioether (sulfide) groups is 1. The van der Waals surface area contributed by atoms with E-state index in [-0.39, 0.29) is 0 Å². The predicted molar refractivity (Wildman–Crippen MR) is 64.1 cm³/mol. The molecule has 3 N–H and O–H groups in total. The highest BCUT2D eigenvalue weighted by atomic mass is 32.2. The van der Waals surface area contributed by atoms with Crippen molar-refractivity contribution in [1.82, 2.24) is 0 Å². The maximum atomic E-state index is 10.6. The lowest BCUT2D eigenvalue weighted by Crippen LogP contribution is -2.32. The van der Waals surface area contributed by atoms with E-state index in [2.05, 4.69) is 0 Å². The Balaban J connectivity index is 2.72. The molecule has 0 aliphatic rings. The Morgan fingerprint density at radius 1 is 1.62 bits per heavy atom. The lowest BCUT2D eigenvalue weighted by Gasteiger charge is -2.10. The zero-order chi connectivity index (χ0) is 12.1. The summed E-state index contributed by atoms with van der Waals surface area (Å²) in [6, 6.07) is 4.91. The van der Waals surface area contributed by atoms with Gasteiger partial charge in [0.1, 0.15) is 11.8 Å². The number of nitrogens with two attached hydrogens (primary N) is 1. The van der Waals surface area contributed by atoms with Gasteiger partial charge in [0.05, 0.1) is 7.11 Å². The van der Waals surface area contributed by atoms with E-state index in [1.165, 1.54) is 11.8 Å². The van der Waals surface area contributed by atoms with Gasteiger partial charge in [-0.1, -0.05) is 6.07 Å². The van der Waals surface area contributed by atoms with Crippen LogP contribution in [0.1, 0.15) is 5.56 Å². The number of benzene rings is 1. The van der Waals surface area contributed by atoms with Crippen molar-refractivity contribution in [2.45, 2.75) is 17.9 Å². The molecule has 88 valence electrons. The Bertz CT molecular complexity index is 381. The number of aliphatic carboxylic acids is 1. The van der Waals surface area contributed by atoms with Gasteiger partial charge in [0.25, 0.3) is 0 Å². The molecule has 1 unspecified atom stereocenters. The molecule has 0 amide bonds. The van der Waals surface area contributed by atoms with Crippen molar-refractivity contribution in [3.63, 3.8) is 0 Å². The molecular weight excluding hydrogens is 226 g/mol. The first-order valence-corrected chi connectivity index (χ1v) is 5.79. The molecule has 0 radical (unpaired) electrons. The average molecular weight is 241 g/mol. The Kier molecular flexibility index (Phi) is 4.64. The van der Waals surface area contributed by atoms with Crippen LogP contribution in [0.3, 0.4) is 0 Å². The molecule has 1 aromatic carbocycles. The largest absolute Gasteiger partial charge is 0.496 e. The summed E-state index contributed by atoms with van der Waals surface area (Å²) in [4.78, 5) is 11.5. The smallest absolute Gasteiger partial charge is 0.321 e. The minimum absolute atomic E-state index is 0.329. The maximum Gasteiger partial charge on any atom is 0.321 e. The van der Waals surface area contributed by atoms with Crippen LogP contribution in [-0.4, -0.2) is 30.0 Å². The number of carboxylic acids is 1. The highest BCUT2D eigenvalue weighted by molar-refractivity contribution is 7.99. The molecule has 0 bridgehead atoms. The predicted octanol–water partition coefficient (Wildman–Crippen LogP) is 1.51. The van der Waals surface area contributed by atoms with Crippen molar-refractivity contribution >= 4 is 17.7 Å². The zero-order valence-electron chi connectivity index (χ0n) is 9.27. The topological polar surface area (TPSA) is 72.5 Å². The first-order chi connectivity index (χ1) is 7.54. The van der Waals surface area contributed by atoms with Crippen molar-refractivity contribution in [2.24, 2.45) is 5.73 Å². The van der Waals surface area contributed by atoms with Gasteiger partial charge in [-0.25, -0.2) is 0 Å². The fourth-order valence-electron chi connectivity index (χ4n) is 1.15. The second kappa shape index (κ2) is 5.77. The molecule has 5 heteroatoms. The molecule has 0 aromatic heterocycles. The van der Waals surface area contributed by atoms with Crippen LogP contribution < -0.4 is 10.5 Å². The molecule has 0 saturated heterocycles. The number of ether oxygens (including phenoxy) is 1. The molecule has 0 spiro atoms. The average Bonchev–Trinajstić information content (AvgIpc) is 2.25. The summed E-state index contributed by atoms with van der Waals surface area (Å²) in [5.74, 6) is 0.0853. The summed E-state index contributed by atoms with van der Waals surface area (Å²) < 4.78 is 5.18. The van der Waals surface area contributed by atoms with E-state index in [9.17, 15) is 4.79 Å². The van der Waals surface area contributed by atoms with Gasteiger partial charge in [0, 0.05) is 10.6 Å². The molecule has 0 heterocycles. The summed E-state index contributed by atoms with van der Waals surface area (Å²) in [7, 11) is 1.59. The van der Waals surface area contributed by atoms with Gasteiger partial charge in [0.2, 0.25) is 0 Å². The second-order valence-corrected chi connectivity index (χ2v) is 4.47. The van der Waals surface area contributed by atoms with E-state index in [0.29, 0.717) is 5.75 Å². The van der Waals surface area contributed by atoms with Gasteiger partial charge in [-0.15, -0.1) is 11.8 Å². The SMILES string of the molecule is COc1ccc(C)cc1SCC(N)C(=O)O. The molecule has 0 aliphatic heterocycles.